The van der Waals surface area contributed by atoms with Gasteiger partial charge in [-0.05, 0) is 31.2 Å². The number of furan rings is 1. The molecular formula is C24H30O9. The van der Waals surface area contributed by atoms with Crippen LogP contribution in [0.15, 0.2) is 23.0 Å². The van der Waals surface area contributed by atoms with Gasteiger partial charge in [0.2, 0.25) is 6.29 Å². The third-order valence-electron chi connectivity index (χ3n) is 8.61. The highest BCUT2D eigenvalue weighted by atomic mass is 16.7. The van der Waals surface area contributed by atoms with Crippen LogP contribution < -0.4 is 0 Å². The van der Waals surface area contributed by atoms with Crippen LogP contribution in [0.2, 0.25) is 0 Å². The monoisotopic (exact) mass is 462 g/mol. The van der Waals surface area contributed by atoms with Crippen molar-refractivity contribution in [3.8, 4) is 0 Å². The van der Waals surface area contributed by atoms with Crippen LogP contribution in [0.4, 0.5) is 0 Å². The normalized spacial score (nSPS) is 44.0. The molecule has 2 aliphatic carbocycles. The van der Waals surface area contributed by atoms with E-state index in [1.54, 1.807) is 18.6 Å². The van der Waals surface area contributed by atoms with E-state index in [0.717, 1.165) is 12.0 Å². The van der Waals surface area contributed by atoms with Gasteiger partial charge in [-0.3, -0.25) is 14.4 Å². The lowest BCUT2D eigenvalue weighted by atomic mass is 9.42. The minimum Gasteiger partial charge on any atom is -0.472 e. The summed E-state index contributed by atoms with van der Waals surface area (Å²) in [6, 6.07) is 1.79. The van der Waals surface area contributed by atoms with Crippen LogP contribution >= 0.6 is 0 Å². The van der Waals surface area contributed by atoms with Crippen molar-refractivity contribution in [2.45, 2.75) is 70.6 Å². The number of carbonyl (C=O) groups is 3. The molecule has 2 saturated carbocycles. The number of aliphatic hydroxyl groups is 1. The molecule has 3 heterocycles. The average Bonchev–Trinajstić information content (AvgIpc) is 3.19. The molecule has 180 valence electrons. The fraction of sp³-hybridized carbons (Fsp3) is 0.708. The maximum atomic E-state index is 13.9. The molecule has 2 aliphatic heterocycles. The quantitative estimate of drug-likeness (QED) is 0.530. The van der Waals surface area contributed by atoms with E-state index in [0.29, 0.717) is 25.9 Å². The minimum atomic E-state index is -1.35. The van der Waals surface area contributed by atoms with E-state index >= 15 is 0 Å². The Kier molecular flexibility index (Phi) is 5.23. The van der Waals surface area contributed by atoms with Gasteiger partial charge in [0.1, 0.15) is 23.7 Å². The van der Waals surface area contributed by atoms with E-state index in [-0.39, 0.29) is 18.3 Å². The lowest BCUT2D eigenvalue weighted by Crippen LogP contribution is -2.71. The predicted octanol–water partition coefficient (Wildman–Crippen LogP) is 2.31. The van der Waals surface area contributed by atoms with E-state index in [2.05, 4.69) is 0 Å². The number of aliphatic hydroxyl groups excluding tert-OH is 1. The Balaban J connectivity index is 1.66. The zero-order valence-electron chi connectivity index (χ0n) is 19.1. The SMILES string of the molecule is CC(=O)OC[C@]12C(=O)[C@H](O)[C@@H](C)[C@]3(C[C@@H](c4ccoc4)O[C@H]3OC(C)=O)[C@H]1CCC[C@]21CO1. The summed E-state index contributed by atoms with van der Waals surface area (Å²) in [6.07, 6.45) is 2.84. The molecule has 9 nitrogen and oxygen atoms in total. The Hall–Kier alpha value is -2.23. The molecule has 0 unspecified atom stereocenters. The Morgan fingerprint density at radius 1 is 1.27 bits per heavy atom. The second-order valence-corrected chi connectivity index (χ2v) is 10.0. The second kappa shape index (κ2) is 7.65. The van der Waals surface area contributed by atoms with E-state index in [4.69, 9.17) is 23.4 Å². The highest BCUT2D eigenvalue weighted by Gasteiger charge is 2.79. The fourth-order valence-electron chi connectivity index (χ4n) is 7.00. The van der Waals surface area contributed by atoms with Crippen molar-refractivity contribution in [2.75, 3.05) is 13.2 Å². The van der Waals surface area contributed by atoms with Crippen molar-refractivity contribution in [1.82, 2.24) is 0 Å². The highest BCUT2D eigenvalue weighted by molar-refractivity contribution is 5.93. The van der Waals surface area contributed by atoms with Crippen molar-refractivity contribution in [3.05, 3.63) is 24.2 Å². The standard InChI is InChI=1S/C24H30O9/c1-13-19(27)20(28)24(12-30-14(2)25)18(5-4-7-22(24)11-31-22)23(13)9-17(16-6-8-29-10-16)33-21(23)32-15(3)26/h6,8,10,13,17-19,21,27H,4-5,7,9,11-12H2,1-3H3/t13-,17+,18-,19-,21-,22+,23-,24-/m1/s1. The summed E-state index contributed by atoms with van der Waals surface area (Å²) >= 11 is 0. The van der Waals surface area contributed by atoms with Crippen molar-refractivity contribution in [2.24, 2.45) is 22.7 Å². The van der Waals surface area contributed by atoms with Crippen LogP contribution in [0.3, 0.4) is 0 Å². The molecule has 5 rings (SSSR count). The van der Waals surface area contributed by atoms with Gasteiger partial charge in [-0.2, -0.15) is 0 Å². The first-order chi connectivity index (χ1) is 15.7. The van der Waals surface area contributed by atoms with Gasteiger partial charge in [-0.15, -0.1) is 0 Å². The summed E-state index contributed by atoms with van der Waals surface area (Å²) in [7, 11) is 0. The molecule has 0 bridgehead atoms. The van der Waals surface area contributed by atoms with Crippen molar-refractivity contribution < 1.29 is 42.9 Å². The van der Waals surface area contributed by atoms with Crippen molar-refractivity contribution in [3.63, 3.8) is 0 Å². The average molecular weight is 462 g/mol. The van der Waals surface area contributed by atoms with E-state index in [9.17, 15) is 19.5 Å². The number of fused-ring (bicyclic) bond motifs is 3. The largest absolute Gasteiger partial charge is 0.472 e. The summed E-state index contributed by atoms with van der Waals surface area (Å²) < 4.78 is 28.7. The number of hydrogen-bond donors (Lipinski definition) is 1. The molecule has 4 fully saturated rings. The Morgan fingerprint density at radius 2 is 2.03 bits per heavy atom. The van der Waals surface area contributed by atoms with E-state index in [1.165, 1.54) is 13.8 Å². The number of rotatable bonds is 4. The lowest BCUT2D eigenvalue weighted by molar-refractivity contribution is -0.247. The first kappa shape index (κ1) is 22.6. The molecule has 2 spiro atoms. The Labute approximate surface area is 191 Å². The molecular weight excluding hydrogens is 432 g/mol. The van der Waals surface area contributed by atoms with Gasteiger partial charge in [-0.1, -0.05) is 13.3 Å². The molecule has 4 aliphatic rings. The number of ketones is 1. The molecule has 9 heteroatoms. The Bertz CT molecular complexity index is 951. The summed E-state index contributed by atoms with van der Waals surface area (Å²) in [5.41, 5.74) is -2.14. The van der Waals surface area contributed by atoms with Gasteiger partial charge in [0.15, 0.2) is 5.78 Å². The predicted molar refractivity (Wildman–Crippen MR) is 110 cm³/mol. The summed E-state index contributed by atoms with van der Waals surface area (Å²) in [5, 5.41) is 11.3. The first-order valence-electron chi connectivity index (χ1n) is 11.5. The van der Waals surface area contributed by atoms with Crippen LogP contribution in [-0.4, -0.2) is 54.0 Å². The summed E-state index contributed by atoms with van der Waals surface area (Å²) in [5.74, 6) is -2.32. The number of ether oxygens (including phenoxy) is 4. The maximum absolute atomic E-state index is 13.9. The van der Waals surface area contributed by atoms with Crippen molar-refractivity contribution >= 4 is 17.7 Å². The summed E-state index contributed by atoms with van der Waals surface area (Å²) in [6.45, 7) is 4.60. The van der Waals surface area contributed by atoms with Crippen LogP contribution in [0.5, 0.6) is 0 Å². The number of Topliss-reactive ketones (excluding diaryl/α,β-unsaturated/α-hetero) is 1. The zero-order valence-corrected chi connectivity index (χ0v) is 19.1. The maximum Gasteiger partial charge on any atom is 0.304 e. The number of carbonyl (C=O) groups excluding carboxylic acids is 3. The number of hydrogen-bond acceptors (Lipinski definition) is 9. The van der Waals surface area contributed by atoms with Gasteiger partial charge in [-0.25, -0.2) is 0 Å². The number of esters is 2. The van der Waals surface area contributed by atoms with Gasteiger partial charge in [0, 0.05) is 30.7 Å². The van der Waals surface area contributed by atoms with Crippen LogP contribution in [0, 0.1) is 22.7 Å². The fourth-order valence-corrected chi connectivity index (χ4v) is 7.00. The number of epoxide rings is 1. The van der Waals surface area contributed by atoms with Gasteiger partial charge in [0.25, 0.3) is 0 Å². The molecule has 8 atom stereocenters. The highest BCUT2D eigenvalue weighted by Crippen LogP contribution is 2.71. The smallest absolute Gasteiger partial charge is 0.304 e. The molecule has 1 aromatic rings. The molecule has 0 radical (unpaired) electrons. The third-order valence-corrected chi connectivity index (χ3v) is 8.61. The summed E-state index contributed by atoms with van der Waals surface area (Å²) in [4.78, 5) is 37.8. The van der Waals surface area contributed by atoms with Crippen molar-refractivity contribution in [1.29, 1.82) is 0 Å². The molecule has 0 aromatic carbocycles. The first-order valence-corrected chi connectivity index (χ1v) is 11.5. The van der Waals surface area contributed by atoms with Crippen LogP contribution in [0.1, 0.15) is 58.1 Å². The molecule has 1 N–H and O–H groups in total. The van der Waals surface area contributed by atoms with E-state index < -0.39 is 52.8 Å². The van der Waals surface area contributed by atoms with Gasteiger partial charge >= 0.3 is 11.9 Å². The molecule has 2 saturated heterocycles. The molecule has 0 amide bonds. The third kappa shape index (κ3) is 3.05. The van der Waals surface area contributed by atoms with E-state index in [1.807, 2.05) is 6.92 Å². The minimum absolute atomic E-state index is 0.180. The van der Waals surface area contributed by atoms with Gasteiger partial charge < -0.3 is 28.5 Å². The van der Waals surface area contributed by atoms with Crippen LogP contribution in [0.25, 0.3) is 0 Å². The topological polar surface area (TPSA) is 125 Å². The molecule has 33 heavy (non-hydrogen) atoms. The lowest BCUT2D eigenvalue weighted by Gasteiger charge is -2.60. The second-order valence-electron chi connectivity index (χ2n) is 10.0. The Morgan fingerprint density at radius 3 is 2.64 bits per heavy atom. The molecule has 1 aromatic heterocycles. The zero-order chi connectivity index (χ0) is 23.6. The van der Waals surface area contributed by atoms with Crippen LogP contribution in [-0.2, 0) is 33.3 Å². The van der Waals surface area contributed by atoms with Gasteiger partial charge in [0.05, 0.1) is 25.2 Å².